The molecule has 43 heavy (non-hydrogen) atoms. The maximum absolute atomic E-state index is 11.9. The number of rotatable bonds is 28. The minimum Gasteiger partial charge on any atom is 2.00 e. The van der Waals surface area contributed by atoms with Crippen molar-refractivity contribution < 1.29 is 29.4 Å². The quantitative estimate of drug-likeness (QED) is 0.0613. The molecule has 0 bridgehead atoms. The van der Waals surface area contributed by atoms with Crippen LogP contribution in [0.4, 0.5) is 0 Å². The second-order valence-corrected chi connectivity index (χ2v) is 19.1. The summed E-state index contributed by atoms with van der Waals surface area (Å²) in [4.78, 5) is 71.3. The van der Waals surface area contributed by atoms with Crippen molar-refractivity contribution in [2.24, 2.45) is 0 Å². The molecule has 0 amide bonds. The van der Waals surface area contributed by atoms with Gasteiger partial charge in [-0.3, -0.25) is 0 Å². The predicted molar refractivity (Wildman–Crippen MR) is 184 cm³/mol. The van der Waals surface area contributed by atoms with E-state index in [0.29, 0.717) is 25.7 Å². The Bertz CT molecular complexity index is 471. The van der Waals surface area contributed by atoms with Crippen LogP contribution >= 0.6 is 14.6 Å². The smallest absolute Gasteiger partial charge is 2.00 e. The third kappa shape index (κ3) is 47.3. The first-order chi connectivity index (χ1) is 18.8. The van der Waals surface area contributed by atoms with Gasteiger partial charge < -0.3 is 0 Å². The molecule has 0 aromatic rings. The molecule has 0 radical (unpaired) electrons. The van der Waals surface area contributed by atoms with Gasteiger partial charge in [-0.2, -0.15) is 0 Å². The first kappa shape index (κ1) is 57.7. The van der Waals surface area contributed by atoms with Gasteiger partial charge in [0.25, 0.3) is 0 Å². The average molecular weight is 1020 g/mol. The molecule has 0 atom stereocenters. The normalized spacial score (nSPS) is 13.2. The molecule has 0 aromatic heterocycles. The van der Waals surface area contributed by atoms with Crippen LogP contribution < -0.4 is 29.4 Å². The fourth-order valence-corrected chi connectivity index (χ4v) is 8.80. The van der Waals surface area contributed by atoms with Gasteiger partial charge in [-0.05, 0) is 0 Å². The van der Waals surface area contributed by atoms with Crippen LogP contribution in [0.25, 0.3) is 0 Å². The van der Waals surface area contributed by atoms with Crippen molar-refractivity contribution in [3.63, 3.8) is 0 Å². The Kier molecular flexibility index (Phi) is 47.9. The molecule has 0 aromatic carbocycles. The Morgan fingerprint density at radius 1 is 0.256 bits per heavy atom. The molecule has 11 heteroatoms. The van der Waals surface area contributed by atoms with Gasteiger partial charge >= 0.3 is 397 Å². The first-order valence-electron chi connectivity index (χ1n) is 17.2. The SMILES string of the molecule is CCCCCCCCP([O-])([O-])([O-])CCCCCCCC.CCCCCCCCP([O-])([O-])([O-])CCCCCCCC.[Ba+2].[Ba+2].[Ba+2]. The minimum atomic E-state index is -5.06. The molecule has 0 spiro atoms. The summed E-state index contributed by atoms with van der Waals surface area (Å²) in [6.45, 7) is 8.61. The van der Waals surface area contributed by atoms with Gasteiger partial charge in [0.15, 0.2) is 0 Å². The number of hydrogen-bond acceptors (Lipinski definition) is 6. The Morgan fingerprint density at radius 2 is 0.395 bits per heavy atom. The van der Waals surface area contributed by atoms with E-state index in [1.165, 1.54) is 51.4 Å². The molecule has 0 aliphatic carbocycles. The summed E-state index contributed by atoms with van der Waals surface area (Å²) in [6, 6.07) is 0. The molecule has 248 valence electrons. The molecule has 0 fully saturated rings. The van der Waals surface area contributed by atoms with Crippen molar-refractivity contribution in [1.29, 1.82) is 0 Å². The van der Waals surface area contributed by atoms with E-state index in [-0.39, 0.29) is 171 Å². The maximum atomic E-state index is 11.9. The van der Waals surface area contributed by atoms with Crippen molar-refractivity contribution in [1.82, 2.24) is 0 Å². The van der Waals surface area contributed by atoms with E-state index < -0.39 is 14.6 Å². The van der Waals surface area contributed by atoms with Crippen LogP contribution in [-0.4, -0.2) is 171 Å². The second kappa shape index (κ2) is 35.7. The summed E-state index contributed by atoms with van der Waals surface area (Å²) >= 11 is 0. The molecule has 6 nitrogen and oxygen atoms in total. The van der Waals surface area contributed by atoms with Crippen LogP contribution in [0.2, 0.25) is 0 Å². The molecule has 0 heterocycles. The summed E-state index contributed by atoms with van der Waals surface area (Å²) < 4.78 is 0. The fourth-order valence-electron chi connectivity index (χ4n) is 5.01. The molecule has 0 aliphatic rings. The van der Waals surface area contributed by atoms with Crippen molar-refractivity contribution in [2.75, 3.05) is 24.6 Å². The summed E-state index contributed by atoms with van der Waals surface area (Å²) in [5, 5.41) is 0. The first-order valence-corrected chi connectivity index (χ1v) is 21.9. The third-order valence-corrected chi connectivity index (χ3v) is 12.5. The molecular weight excluding hydrogens is 954 g/mol. The number of unbranched alkanes of at least 4 members (excludes halogenated alkanes) is 20. The van der Waals surface area contributed by atoms with Gasteiger partial charge in [0.1, 0.15) is 0 Å². The van der Waals surface area contributed by atoms with E-state index in [2.05, 4.69) is 27.7 Å². The van der Waals surface area contributed by atoms with Crippen LogP contribution in [0.15, 0.2) is 0 Å². The van der Waals surface area contributed by atoms with Crippen molar-refractivity contribution in [3.8, 4) is 0 Å². The largest absolute Gasteiger partial charge is 2.00 e. The maximum Gasteiger partial charge on any atom is 2.00 e. The van der Waals surface area contributed by atoms with Crippen molar-refractivity contribution >= 4 is 161 Å². The van der Waals surface area contributed by atoms with Crippen LogP contribution in [0.5, 0.6) is 0 Å². The molecule has 0 saturated heterocycles. The van der Waals surface area contributed by atoms with E-state index in [1.807, 2.05) is 0 Å². The Morgan fingerprint density at radius 3 is 0.558 bits per heavy atom. The van der Waals surface area contributed by atoms with Crippen LogP contribution in [0, 0.1) is 0 Å². The van der Waals surface area contributed by atoms with E-state index in [9.17, 15) is 29.4 Å². The van der Waals surface area contributed by atoms with E-state index in [1.54, 1.807) is 0 Å². The van der Waals surface area contributed by atoms with Gasteiger partial charge in [-0.1, -0.05) is 0 Å². The standard InChI is InChI=1S/2C16H34O3P.3Ba/c2*1-3-5-7-9-11-13-15-20(17,18,19)16-14-12-10-8-6-4-2;;;/h2*3-16H2,1-2H3;;;/q2*-3;3*+2. The van der Waals surface area contributed by atoms with Crippen molar-refractivity contribution in [2.45, 2.75) is 182 Å². The Labute approximate surface area is 389 Å². The zero-order chi connectivity index (χ0) is 30.7. The van der Waals surface area contributed by atoms with E-state index in [4.69, 9.17) is 0 Å². The van der Waals surface area contributed by atoms with Gasteiger partial charge in [0.05, 0.1) is 0 Å². The average Bonchev–Trinajstić information content (AvgIpc) is 2.87. The van der Waals surface area contributed by atoms with Gasteiger partial charge in [0.2, 0.25) is 0 Å². The Hall–Kier alpha value is 5.33. The molecule has 0 saturated carbocycles. The van der Waals surface area contributed by atoms with E-state index >= 15 is 0 Å². The van der Waals surface area contributed by atoms with Gasteiger partial charge in [-0.15, -0.1) is 0 Å². The summed E-state index contributed by atoms with van der Waals surface area (Å²) in [5.41, 5.74) is 0. The minimum absolute atomic E-state index is 0. The summed E-state index contributed by atoms with van der Waals surface area (Å²) in [6.07, 6.45) is 23.5. The van der Waals surface area contributed by atoms with Crippen LogP contribution in [-0.2, 0) is 0 Å². The van der Waals surface area contributed by atoms with Crippen LogP contribution in [0.3, 0.4) is 0 Å². The molecule has 0 unspecified atom stereocenters. The monoisotopic (exact) mass is 1020 g/mol. The fraction of sp³-hybridized carbons (Fsp3) is 1.00. The van der Waals surface area contributed by atoms with E-state index in [0.717, 1.165) is 77.0 Å². The number of hydrogen-bond donors (Lipinski definition) is 0. The van der Waals surface area contributed by atoms with Crippen LogP contribution in [0.1, 0.15) is 182 Å². The second-order valence-electron chi connectivity index (χ2n) is 12.4. The molecule has 0 N–H and O–H groups in total. The zero-order valence-electron chi connectivity index (χ0n) is 29.3. The third-order valence-electron chi connectivity index (χ3n) is 7.77. The summed E-state index contributed by atoms with van der Waals surface area (Å²) in [7, 11) is -10.1. The van der Waals surface area contributed by atoms with Gasteiger partial charge in [-0.25, -0.2) is 0 Å². The summed E-state index contributed by atoms with van der Waals surface area (Å²) in [5.74, 6) is 0. The zero-order valence-corrected chi connectivity index (χ0v) is 44.4. The molecule has 0 rings (SSSR count). The molecule has 0 aliphatic heterocycles. The Balaban J connectivity index is -0.000000209. The predicted octanol–water partition coefficient (Wildman–Crippen LogP) is 5.03. The van der Waals surface area contributed by atoms with Gasteiger partial charge in [0, 0.05) is 0 Å². The van der Waals surface area contributed by atoms with Crippen molar-refractivity contribution in [3.05, 3.63) is 0 Å². The topological polar surface area (TPSA) is 138 Å². The molecular formula is C32H68Ba3O6P2.